The summed E-state index contributed by atoms with van der Waals surface area (Å²) in [6, 6.07) is 12.4. The zero-order chi connectivity index (χ0) is 17.7. The Labute approximate surface area is 139 Å². The lowest BCUT2D eigenvalue weighted by Crippen LogP contribution is -2.30. The van der Waals surface area contributed by atoms with Gasteiger partial charge in [0.1, 0.15) is 0 Å². The third kappa shape index (κ3) is 5.09. The lowest BCUT2D eigenvalue weighted by atomic mass is 10.1. The highest BCUT2D eigenvalue weighted by atomic mass is 19.4. The average molecular weight is 336 g/mol. The molecule has 2 aromatic rings. The van der Waals surface area contributed by atoms with Crippen LogP contribution in [0.25, 0.3) is 0 Å². The monoisotopic (exact) mass is 336 g/mol. The van der Waals surface area contributed by atoms with Gasteiger partial charge in [0, 0.05) is 12.2 Å². The van der Waals surface area contributed by atoms with Crippen LogP contribution in [0.2, 0.25) is 0 Å². The number of likely N-dealkylation sites (N-methyl/N-ethyl adjacent to an activating group) is 1. The molecule has 6 heteroatoms. The van der Waals surface area contributed by atoms with Crippen molar-refractivity contribution in [2.45, 2.75) is 19.6 Å². The van der Waals surface area contributed by atoms with Crippen molar-refractivity contribution in [3.05, 3.63) is 65.2 Å². The van der Waals surface area contributed by atoms with E-state index in [1.165, 1.54) is 12.1 Å². The second kappa shape index (κ2) is 7.49. The largest absolute Gasteiger partial charge is 0.416 e. The maximum atomic E-state index is 12.5. The molecule has 0 atom stereocenters. The van der Waals surface area contributed by atoms with E-state index >= 15 is 0 Å². The Morgan fingerprint density at radius 3 is 2.29 bits per heavy atom. The van der Waals surface area contributed by atoms with Crippen molar-refractivity contribution in [1.82, 2.24) is 4.90 Å². The second-order valence-corrected chi connectivity index (χ2v) is 5.73. The van der Waals surface area contributed by atoms with E-state index in [1.54, 1.807) is 11.9 Å². The fourth-order valence-corrected chi connectivity index (χ4v) is 2.31. The predicted octanol–water partition coefficient (Wildman–Crippen LogP) is 4.08. The van der Waals surface area contributed by atoms with Crippen LogP contribution < -0.4 is 5.32 Å². The van der Waals surface area contributed by atoms with E-state index < -0.39 is 11.7 Å². The van der Waals surface area contributed by atoms with E-state index in [0.717, 1.165) is 23.4 Å². The number of para-hydroxylation sites is 1. The summed E-state index contributed by atoms with van der Waals surface area (Å²) in [5.74, 6) is -0.168. The summed E-state index contributed by atoms with van der Waals surface area (Å²) in [5.41, 5.74) is 1.77. The average Bonchev–Trinajstić information content (AvgIpc) is 2.49. The van der Waals surface area contributed by atoms with E-state index in [2.05, 4.69) is 5.32 Å². The number of hydrogen-bond acceptors (Lipinski definition) is 2. The fraction of sp³-hybridized carbons (Fsp3) is 0.278. The van der Waals surface area contributed by atoms with E-state index in [4.69, 9.17) is 0 Å². The van der Waals surface area contributed by atoms with Crippen molar-refractivity contribution in [3.8, 4) is 0 Å². The van der Waals surface area contributed by atoms with Crippen LogP contribution in [0.3, 0.4) is 0 Å². The van der Waals surface area contributed by atoms with Crippen molar-refractivity contribution in [2.75, 3.05) is 18.9 Å². The van der Waals surface area contributed by atoms with Crippen molar-refractivity contribution in [2.24, 2.45) is 0 Å². The van der Waals surface area contributed by atoms with Crippen LogP contribution in [0.15, 0.2) is 48.5 Å². The van der Waals surface area contributed by atoms with Crippen LogP contribution in [-0.2, 0) is 17.5 Å². The Balaban J connectivity index is 1.90. The van der Waals surface area contributed by atoms with Gasteiger partial charge in [0.05, 0.1) is 12.1 Å². The first-order chi connectivity index (χ1) is 11.3. The van der Waals surface area contributed by atoms with E-state index in [1.807, 2.05) is 31.2 Å². The molecule has 0 unspecified atom stereocenters. The normalized spacial score (nSPS) is 11.6. The number of nitrogens with one attached hydrogen (secondary N) is 1. The molecule has 0 aliphatic carbocycles. The summed E-state index contributed by atoms with van der Waals surface area (Å²) >= 11 is 0. The van der Waals surface area contributed by atoms with Crippen molar-refractivity contribution in [1.29, 1.82) is 0 Å². The van der Waals surface area contributed by atoms with Gasteiger partial charge in [0.15, 0.2) is 0 Å². The highest BCUT2D eigenvalue weighted by molar-refractivity contribution is 5.92. The smallest absolute Gasteiger partial charge is 0.325 e. The molecule has 0 spiro atoms. The van der Waals surface area contributed by atoms with Crippen molar-refractivity contribution < 1.29 is 18.0 Å². The molecule has 0 saturated heterocycles. The Kier molecular flexibility index (Phi) is 5.62. The molecule has 0 fully saturated rings. The van der Waals surface area contributed by atoms with Gasteiger partial charge < -0.3 is 5.32 Å². The number of alkyl halides is 3. The fourth-order valence-electron chi connectivity index (χ4n) is 2.31. The first-order valence-electron chi connectivity index (χ1n) is 7.46. The maximum absolute atomic E-state index is 12.5. The highest BCUT2D eigenvalue weighted by Crippen LogP contribution is 2.29. The number of aryl methyl sites for hydroxylation is 1. The van der Waals surface area contributed by atoms with Crippen molar-refractivity contribution in [3.63, 3.8) is 0 Å². The molecule has 2 aromatic carbocycles. The first kappa shape index (κ1) is 18.0. The molecule has 24 heavy (non-hydrogen) atoms. The molecule has 0 bridgehead atoms. The molecule has 0 aliphatic heterocycles. The van der Waals surface area contributed by atoms with Gasteiger partial charge in [-0.2, -0.15) is 13.2 Å². The molecular weight excluding hydrogens is 317 g/mol. The summed E-state index contributed by atoms with van der Waals surface area (Å²) in [5, 5.41) is 2.83. The van der Waals surface area contributed by atoms with Crippen LogP contribution in [-0.4, -0.2) is 24.4 Å². The predicted molar refractivity (Wildman–Crippen MR) is 87.6 cm³/mol. The molecule has 1 amide bonds. The Bertz CT molecular complexity index is 696. The molecule has 0 aromatic heterocycles. The van der Waals surface area contributed by atoms with Crippen LogP contribution in [0, 0.1) is 6.92 Å². The number of halogens is 3. The molecule has 0 aliphatic rings. The van der Waals surface area contributed by atoms with E-state index in [0.29, 0.717) is 12.1 Å². The molecule has 0 heterocycles. The van der Waals surface area contributed by atoms with Gasteiger partial charge in [0.25, 0.3) is 0 Å². The molecule has 0 saturated carbocycles. The van der Waals surface area contributed by atoms with Gasteiger partial charge in [0.2, 0.25) is 5.91 Å². The first-order valence-corrected chi connectivity index (χ1v) is 7.46. The van der Waals surface area contributed by atoms with Crippen LogP contribution in [0.4, 0.5) is 18.9 Å². The summed E-state index contributed by atoms with van der Waals surface area (Å²) in [6.07, 6.45) is -4.34. The number of hydrogen-bond donors (Lipinski definition) is 1. The topological polar surface area (TPSA) is 32.3 Å². The SMILES string of the molecule is Cc1ccccc1NC(=O)CN(C)Cc1ccc(C(F)(F)F)cc1. The van der Waals surface area contributed by atoms with Crippen molar-refractivity contribution >= 4 is 11.6 Å². The summed E-state index contributed by atoms with van der Waals surface area (Å²) in [6.45, 7) is 2.44. The zero-order valence-corrected chi connectivity index (χ0v) is 13.5. The minimum Gasteiger partial charge on any atom is -0.325 e. The van der Waals surface area contributed by atoms with E-state index in [9.17, 15) is 18.0 Å². The van der Waals surface area contributed by atoms with Crippen LogP contribution in [0.5, 0.6) is 0 Å². The van der Waals surface area contributed by atoms with Crippen LogP contribution >= 0.6 is 0 Å². The summed E-state index contributed by atoms with van der Waals surface area (Å²) < 4.78 is 37.6. The molecule has 1 N–H and O–H groups in total. The number of rotatable bonds is 5. The highest BCUT2D eigenvalue weighted by Gasteiger charge is 2.29. The number of carbonyl (C=O) groups is 1. The maximum Gasteiger partial charge on any atom is 0.416 e. The molecule has 128 valence electrons. The number of nitrogens with zero attached hydrogens (tertiary/aromatic N) is 1. The van der Waals surface area contributed by atoms with Gasteiger partial charge >= 0.3 is 6.18 Å². The second-order valence-electron chi connectivity index (χ2n) is 5.73. The van der Waals surface area contributed by atoms with Gasteiger partial charge in [-0.1, -0.05) is 30.3 Å². The summed E-state index contributed by atoms with van der Waals surface area (Å²) in [7, 11) is 1.75. The zero-order valence-electron chi connectivity index (χ0n) is 13.5. The van der Waals surface area contributed by atoms with Gasteiger partial charge in [-0.15, -0.1) is 0 Å². The molecular formula is C18H19F3N2O. The van der Waals surface area contributed by atoms with Gasteiger partial charge in [-0.25, -0.2) is 0 Å². The lowest BCUT2D eigenvalue weighted by Gasteiger charge is -2.17. The van der Waals surface area contributed by atoms with E-state index in [-0.39, 0.29) is 12.5 Å². The molecule has 3 nitrogen and oxygen atoms in total. The third-order valence-electron chi connectivity index (χ3n) is 3.57. The summed E-state index contributed by atoms with van der Waals surface area (Å²) in [4.78, 5) is 13.8. The number of benzene rings is 2. The Morgan fingerprint density at radius 2 is 1.71 bits per heavy atom. The quantitative estimate of drug-likeness (QED) is 0.892. The minimum absolute atomic E-state index is 0.148. The minimum atomic E-state index is -4.34. The Hall–Kier alpha value is -2.34. The van der Waals surface area contributed by atoms with Gasteiger partial charge in [-0.05, 0) is 43.3 Å². The third-order valence-corrected chi connectivity index (χ3v) is 3.57. The number of amides is 1. The molecule has 0 radical (unpaired) electrons. The van der Waals surface area contributed by atoms with Gasteiger partial charge in [-0.3, -0.25) is 9.69 Å². The molecule has 2 rings (SSSR count). The standard InChI is InChI=1S/C18H19F3N2O/c1-13-5-3-4-6-16(13)22-17(24)12-23(2)11-14-7-9-15(10-8-14)18(19,20)21/h3-10H,11-12H2,1-2H3,(H,22,24). The number of anilines is 1. The lowest BCUT2D eigenvalue weighted by molar-refractivity contribution is -0.137. The number of carbonyl (C=O) groups excluding carboxylic acids is 1. The van der Waals surface area contributed by atoms with Crippen LogP contribution in [0.1, 0.15) is 16.7 Å². The Morgan fingerprint density at radius 1 is 1.08 bits per heavy atom.